The number of aromatic nitrogens is 1. The number of unbranched alkanes of at least 4 members (excludes halogenated alkanes) is 4. The molecule has 51 heavy (non-hydrogen) atoms. The van der Waals surface area contributed by atoms with Crippen molar-refractivity contribution in [2.75, 3.05) is 19.6 Å². The topological polar surface area (TPSA) is 150 Å². The number of carbonyl (C=O) groups is 4. The molecule has 1 aliphatic rings. The van der Waals surface area contributed by atoms with Crippen molar-refractivity contribution >= 4 is 35.0 Å². The molecule has 0 radical (unpaired) electrons. The molecule has 1 aromatic carbocycles. The number of nitrogens with one attached hydrogen (secondary N) is 3. The Labute approximate surface area is 308 Å². The SMILES string of the molecule is Cc1ncsc1-c1ccc([C@H](C)NC(=O)[C@@H]2C[C@@H](O)CN2C(=O)C(NC(=O)CCCCCNCCCCCC(=O)OC(C)(C)C)C(C)(C)C)cc1. The summed E-state index contributed by atoms with van der Waals surface area (Å²) in [5.74, 6) is -1.04. The summed E-state index contributed by atoms with van der Waals surface area (Å²) in [6.45, 7) is 16.9. The number of rotatable bonds is 18. The number of hydrogen-bond acceptors (Lipinski definition) is 9. The van der Waals surface area contributed by atoms with E-state index >= 15 is 0 Å². The predicted molar refractivity (Wildman–Crippen MR) is 202 cm³/mol. The van der Waals surface area contributed by atoms with E-state index in [9.17, 15) is 24.3 Å². The molecule has 2 aromatic rings. The molecule has 1 unspecified atom stereocenters. The van der Waals surface area contributed by atoms with E-state index in [0.717, 1.165) is 66.9 Å². The average Bonchev–Trinajstić information content (AvgIpc) is 3.66. The van der Waals surface area contributed by atoms with Gasteiger partial charge < -0.3 is 30.7 Å². The van der Waals surface area contributed by atoms with Crippen LogP contribution in [0.25, 0.3) is 10.4 Å². The van der Waals surface area contributed by atoms with Crippen molar-refractivity contribution in [3.63, 3.8) is 0 Å². The van der Waals surface area contributed by atoms with Gasteiger partial charge in [0.2, 0.25) is 17.7 Å². The number of carbonyl (C=O) groups excluding carboxylic acids is 4. The lowest BCUT2D eigenvalue weighted by Gasteiger charge is -2.35. The Kier molecular flexibility index (Phi) is 16.1. The van der Waals surface area contributed by atoms with Gasteiger partial charge in [0.05, 0.1) is 28.2 Å². The van der Waals surface area contributed by atoms with Crippen molar-refractivity contribution < 1.29 is 29.0 Å². The van der Waals surface area contributed by atoms with E-state index in [1.807, 2.05) is 85.2 Å². The Balaban J connectivity index is 1.42. The molecule has 0 saturated carbocycles. The van der Waals surface area contributed by atoms with Gasteiger partial charge in [0.1, 0.15) is 17.7 Å². The van der Waals surface area contributed by atoms with Crippen LogP contribution < -0.4 is 16.0 Å². The Bertz CT molecular complexity index is 1430. The Morgan fingerprint density at radius 3 is 2.14 bits per heavy atom. The van der Waals surface area contributed by atoms with Crippen LogP contribution in [-0.4, -0.2) is 82.1 Å². The molecule has 0 aliphatic carbocycles. The predicted octanol–water partition coefficient (Wildman–Crippen LogP) is 5.84. The lowest BCUT2D eigenvalue weighted by Crippen LogP contribution is -2.57. The standard InChI is InChI=1S/C39H61N5O6S/c1-26(28-17-19-29(20-18-28)34-27(2)41-25-51-34)42-36(48)31-23-30(45)24-44(31)37(49)35(38(3,4)5)43-32(46)15-11-9-13-21-40-22-14-10-12-16-33(47)50-39(6,7)8/h17-20,25-26,30-31,35,40,45H,9-16,21-24H2,1-8H3,(H,42,48)(H,43,46)/t26-,30+,31-,35?/m0/s1. The molecule has 1 aliphatic heterocycles. The lowest BCUT2D eigenvalue weighted by atomic mass is 9.85. The van der Waals surface area contributed by atoms with E-state index in [1.54, 1.807) is 11.3 Å². The molecule has 2 heterocycles. The largest absolute Gasteiger partial charge is 0.460 e. The van der Waals surface area contributed by atoms with E-state index in [-0.39, 0.29) is 42.7 Å². The quantitative estimate of drug-likeness (QED) is 0.111. The number of aliphatic hydroxyl groups is 1. The van der Waals surface area contributed by atoms with Crippen molar-refractivity contribution in [3.05, 3.63) is 41.0 Å². The monoisotopic (exact) mass is 727 g/mol. The molecule has 1 fully saturated rings. The highest BCUT2D eigenvalue weighted by Gasteiger charge is 2.44. The number of aliphatic hydroxyl groups excluding tert-OH is 1. The first-order valence-corrected chi connectivity index (χ1v) is 19.4. The van der Waals surface area contributed by atoms with Crippen LogP contribution in [0.1, 0.15) is 124 Å². The minimum Gasteiger partial charge on any atom is -0.460 e. The fraction of sp³-hybridized carbons (Fsp3) is 0.667. The number of nitrogens with zero attached hydrogens (tertiary/aromatic N) is 2. The second-order valence-electron chi connectivity index (χ2n) is 15.8. The highest BCUT2D eigenvalue weighted by Crippen LogP contribution is 2.29. The van der Waals surface area contributed by atoms with Gasteiger partial charge >= 0.3 is 5.97 Å². The zero-order chi connectivity index (χ0) is 37.8. The number of thiazole rings is 1. The second-order valence-corrected chi connectivity index (χ2v) is 16.7. The zero-order valence-electron chi connectivity index (χ0n) is 32.0. The molecule has 3 amide bonds. The Morgan fingerprint density at radius 2 is 1.57 bits per heavy atom. The highest BCUT2D eigenvalue weighted by molar-refractivity contribution is 7.13. The van der Waals surface area contributed by atoms with Crippen LogP contribution in [0.3, 0.4) is 0 Å². The molecule has 284 valence electrons. The second kappa shape index (κ2) is 19.5. The Hall–Kier alpha value is -3.35. The number of β-amino-alcohol motifs (C(OH)–C–C–N with tert-alkyl or cyclic N) is 1. The van der Waals surface area contributed by atoms with Gasteiger partial charge in [0, 0.05) is 25.8 Å². The smallest absolute Gasteiger partial charge is 0.306 e. The molecule has 11 nitrogen and oxygen atoms in total. The molecule has 4 atom stereocenters. The maximum Gasteiger partial charge on any atom is 0.306 e. The summed E-state index contributed by atoms with van der Waals surface area (Å²) in [5, 5.41) is 20.0. The summed E-state index contributed by atoms with van der Waals surface area (Å²) < 4.78 is 5.34. The van der Waals surface area contributed by atoms with Gasteiger partial charge in [-0.05, 0) is 89.9 Å². The molecule has 0 spiro atoms. The van der Waals surface area contributed by atoms with Crippen molar-refractivity contribution in [1.82, 2.24) is 25.8 Å². The van der Waals surface area contributed by atoms with E-state index in [4.69, 9.17) is 4.74 Å². The third-order valence-corrected chi connectivity index (χ3v) is 9.95. The number of hydrogen-bond donors (Lipinski definition) is 4. The molecule has 1 saturated heterocycles. The molecule has 4 N–H and O–H groups in total. The summed E-state index contributed by atoms with van der Waals surface area (Å²) in [6.07, 6.45) is 5.34. The Morgan fingerprint density at radius 1 is 0.941 bits per heavy atom. The van der Waals surface area contributed by atoms with Gasteiger partial charge in [0.25, 0.3) is 0 Å². The minimum atomic E-state index is -0.845. The van der Waals surface area contributed by atoms with E-state index in [2.05, 4.69) is 20.9 Å². The van der Waals surface area contributed by atoms with Crippen molar-refractivity contribution in [1.29, 1.82) is 0 Å². The number of benzene rings is 1. The van der Waals surface area contributed by atoms with Crippen LogP contribution in [0, 0.1) is 12.3 Å². The van der Waals surface area contributed by atoms with Gasteiger partial charge in [-0.25, -0.2) is 4.98 Å². The van der Waals surface area contributed by atoms with Crippen LogP contribution in [-0.2, 0) is 23.9 Å². The van der Waals surface area contributed by atoms with Gasteiger partial charge in [0.15, 0.2) is 0 Å². The van der Waals surface area contributed by atoms with Crippen LogP contribution in [0.15, 0.2) is 29.8 Å². The van der Waals surface area contributed by atoms with Crippen molar-refractivity contribution in [2.45, 2.75) is 143 Å². The minimum absolute atomic E-state index is 0.0351. The average molecular weight is 728 g/mol. The van der Waals surface area contributed by atoms with E-state index in [0.29, 0.717) is 19.3 Å². The summed E-state index contributed by atoms with van der Waals surface area (Å²) in [7, 11) is 0. The molecular weight excluding hydrogens is 667 g/mol. The number of ether oxygens (including phenoxy) is 1. The fourth-order valence-electron chi connectivity index (χ4n) is 6.17. The van der Waals surface area contributed by atoms with Crippen molar-refractivity contribution in [2.24, 2.45) is 5.41 Å². The molecule has 3 rings (SSSR count). The summed E-state index contributed by atoms with van der Waals surface area (Å²) in [6, 6.07) is 5.99. The molecule has 0 bridgehead atoms. The van der Waals surface area contributed by atoms with E-state index in [1.165, 1.54) is 4.90 Å². The zero-order valence-corrected chi connectivity index (χ0v) is 32.8. The van der Waals surface area contributed by atoms with Crippen LogP contribution in [0.4, 0.5) is 0 Å². The van der Waals surface area contributed by atoms with Crippen LogP contribution in [0.2, 0.25) is 0 Å². The first kappa shape index (κ1) is 42.1. The van der Waals surface area contributed by atoms with Gasteiger partial charge in [-0.1, -0.05) is 57.9 Å². The number of aryl methyl sites for hydroxylation is 1. The van der Waals surface area contributed by atoms with Gasteiger partial charge in [-0.3, -0.25) is 19.2 Å². The third kappa shape index (κ3) is 14.0. The maximum absolute atomic E-state index is 13.9. The fourth-order valence-corrected chi connectivity index (χ4v) is 6.99. The number of esters is 1. The molecule has 12 heteroatoms. The van der Waals surface area contributed by atoms with Gasteiger partial charge in [-0.2, -0.15) is 0 Å². The number of likely N-dealkylation sites (tertiary alicyclic amines) is 1. The number of amides is 3. The first-order chi connectivity index (χ1) is 24.0. The molecular formula is C39H61N5O6S. The first-order valence-electron chi connectivity index (χ1n) is 18.5. The summed E-state index contributed by atoms with van der Waals surface area (Å²) in [5.41, 5.74) is 3.74. The highest BCUT2D eigenvalue weighted by atomic mass is 32.1. The summed E-state index contributed by atoms with van der Waals surface area (Å²) in [4.78, 5) is 59.1. The van der Waals surface area contributed by atoms with Crippen molar-refractivity contribution in [3.8, 4) is 10.4 Å². The van der Waals surface area contributed by atoms with E-state index < -0.39 is 29.2 Å². The normalized spacial score (nSPS) is 17.5. The van der Waals surface area contributed by atoms with Crippen LogP contribution in [0.5, 0.6) is 0 Å². The van der Waals surface area contributed by atoms with Crippen LogP contribution >= 0.6 is 11.3 Å². The lowest BCUT2D eigenvalue weighted by molar-refractivity contribution is -0.155. The maximum atomic E-state index is 13.9. The molecule has 1 aromatic heterocycles. The van der Waals surface area contributed by atoms with Gasteiger partial charge in [-0.15, -0.1) is 11.3 Å². The summed E-state index contributed by atoms with van der Waals surface area (Å²) >= 11 is 1.59. The third-order valence-electron chi connectivity index (χ3n) is 8.97.